The van der Waals surface area contributed by atoms with E-state index in [-0.39, 0.29) is 11.5 Å². The largest absolute Gasteiger partial charge is 0.508 e. The molecule has 0 radical (unpaired) electrons. The third-order valence-corrected chi connectivity index (χ3v) is 4.91. The van der Waals surface area contributed by atoms with Crippen molar-refractivity contribution in [2.75, 3.05) is 17.3 Å². The van der Waals surface area contributed by atoms with Crippen LogP contribution in [0, 0.1) is 0 Å². The topological polar surface area (TPSA) is 76.9 Å². The molecule has 4 N–H and O–H groups in total. The predicted molar refractivity (Wildman–Crippen MR) is 98.2 cm³/mol. The molecular weight excluding hydrogens is 322 g/mol. The van der Waals surface area contributed by atoms with Gasteiger partial charge in [0.1, 0.15) is 24.0 Å². The summed E-state index contributed by atoms with van der Waals surface area (Å²) in [4.78, 5) is 6.62. The number of rotatable bonds is 2. The molecule has 120 valence electrons. The zero-order valence-electron chi connectivity index (χ0n) is 12.7. The number of phenols is 2. The van der Waals surface area contributed by atoms with Crippen LogP contribution in [0.4, 0.5) is 11.4 Å². The number of anilines is 2. The van der Waals surface area contributed by atoms with Gasteiger partial charge < -0.3 is 20.8 Å². The van der Waals surface area contributed by atoms with Crippen LogP contribution < -0.4 is 10.6 Å². The average molecular weight is 337 g/mol. The highest BCUT2D eigenvalue weighted by atomic mass is 32.1. The number of nitrogens with one attached hydrogen (secondary N) is 2. The summed E-state index contributed by atoms with van der Waals surface area (Å²) in [5.41, 5.74) is 2.87. The molecule has 6 heteroatoms. The summed E-state index contributed by atoms with van der Waals surface area (Å²) in [6.45, 7) is 0.500. The predicted octanol–water partition coefficient (Wildman–Crippen LogP) is 4.07. The molecule has 1 aliphatic rings. The maximum Gasteiger partial charge on any atom is 0.146 e. The Labute approximate surface area is 142 Å². The van der Waals surface area contributed by atoms with Crippen molar-refractivity contribution in [3.05, 3.63) is 59.5 Å². The van der Waals surface area contributed by atoms with Crippen LogP contribution in [0.3, 0.4) is 0 Å². The number of nitrogens with zero attached hydrogens (tertiary/aromatic N) is 1. The molecule has 0 saturated heterocycles. The lowest BCUT2D eigenvalue weighted by Crippen LogP contribution is -2.20. The maximum absolute atomic E-state index is 9.60. The van der Waals surface area contributed by atoms with E-state index in [1.807, 2.05) is 18.2 Å². The second-order valence-corrected chi connectivity index (χ2v) is 6.47. The zero-order valence-corrected chi connectivity index (χ0v) is 13.5. The first kappa shape index (κ1) is 14.6. The molecule has 0 unspecified atom stereocenters. The van der Waals surface area contributed by atoms with Crippen molar-refractivity contribution < 1.29 is 10.2 Å². The molecular formula is C18H15N3O2S. The molecule has 24 heavy (non-hydrogen) atoms. The van der Waals surface area contributed by atoms with Gasteiger partial charge in [0.25, 0.3) is 0 Å². The van der Waals surface area contributed by atoms with Gasteiger partial charge in [-0.1, -0.05) is 6.07 Å². The Morgan fingerprint density at radius 2 is 1.83 bits per heavy atom. The molecule has 0 atom stereocenters. The lowest BCUT2D eigenvalue weighted by Gasteiger charge is -2.16. The van der Waals surface area contributed by atoms with Gasteiger partial charge in [-0.3, -0.25) is 0 Å². The van der Waals surface area contributed by atoms with Gasteiger partial charge in [0.05, 0.1) is 10.6 Å². The molecule has 5 nitrogen and oxygen atoms in total. The van der Waals surface area contributed by atoms with Crippen LogP contribution in [0.1, 0.15) is 4.88 Å². The SMILES string of the molecule is Oc1ccc(-c2cc3c(s2)C(Nc2cccc(O)c2)=NCN3)cc1. The molecule has 1 aliphatic heterocycles. The molecule has 0 aliphatic carbocycles. The number of amidine groups is 1. The minimum atomic E-state index is 0.214. The highest BCUT2D eigenvalue weighted by Gasteiger charge is 2.19. The second-order valence-electron chi connectivity index (χ2n) is 5.42. The lowest BCUT2D eigenvalue weighted by molar-refractivity contribution is 0.475. The van der Waals surface area contributed by atoms with E-state index in [1.165, 1.54) is 0 Å². The van der Waals surface area contributed by atoms with Crippen molar-refractivity contribution in [1.29, 1.82) is 0 Å². The van der Waals surface area contributed by atoms with E-state index in [0.717, 1.165) is 32.5 Å². The standard InChI is InChI=1S/C18H15N3O2S/c22-13-6-4-11(5-7-13)16-9-15-17(24-16)18(20-10-19-15)21-12-2-1-3-14(23)8-12/h1-9,19,22-23H,10H2,(H,20,21). The van der Waals surface area contributed by atoms with Gasteiger partial charge in [0, 0.05) is 16.6 Å². The van der Waals surface area contributed by atoms with Crippen LogP contribution in [0.15, 0.2) is 59.6 Å². The summed E-state index contributed by atoms with van der Waals surface area (Å²) < 4.78 is 0. The first-order valence-electron chi connectivity index (χ1n) is 7.47. The highest BCUT2D eigenvalue weighted by Crippen LogP contribution is 2.37. The molecule has 0 bridgehead atoms. The molecule has 2 heterocycles. The summed E-state index contributed by atoms with van der Waals surface area (Å²) in [7, 11) is 0. The van der Waals surface area contributed by atoms with E-state index in [0.29, 0.717) is 6.67 Å². The Morgan fingerprint density at radius 3 is 2.62 bits per heavy atom. The van der Waals surface area contributed by atoms with Crippen molar-refractivity contribution in [2.45, 2.75) is 0 Å². The summed E-state index contributed by atoms with van der Waals surface area (Å²) in [5.74, 6) is 1.25. The van der Waals surface area contributed by atoms with Gasteiger partial charge in [-0.05, 0) is 48.0 Å². The monoisotopic (exact) mass is 337 g/mol. The summed E-state index contributed by atoms with van der Waals surface area (Å²) >= 11 is 1.63. The average Bonchev–Trinajstić information content (AvgIpc) is 3.01. The number of benzene rings is 2. The Morgan fingerprint density at radius 1 is 1.00 bits per heavy atom. The van der Waals surface area contributed by atoms with E-state index in [1.54, 1.807) is 41.7 Å². The van der Waals surface area contributed by atoms with Gasteiger partial charge in [-0.15, -0.1) is 11.3 Å². The maximum atomic E-state index is 9.60. The van der Waals surface area contributed by atoms with Crippen LogP contribution >= 0.6 is 11.3 Å². The van der Waals surface area contributed by atoms with Crippen molar-refractivity contribution in [1.82, 2.24) is 0 Å². The summed E-state index contributed by atoms with van der Waals surface area (Å²) in [5, 5.41) is 25.6. The van der Waals surface area contributed by atoms with E-state index in [2.05, 4.69) is 21.7 Å². The molecule has 0 spiro atoms. The minimum absolute atomic E-state index is 0.214. The molecule has 0 amide bonds. The van der Waals surface area contributed by atoms with Crippen LogP contribution in [0.5, 0.6) is 11.5 Å². The summed E-state index contributed by atoms with van der Waals surface area (Å²) in [6.07, 6.45) is 0. The zero-order chi connectivity index (χ0) is 16.5. The quantitative estimate of drug-likeness (QED) is 0.568. The van der Waals surface area contributed by atoms with E-state index in [9.17, 15) is 10.2 Å². The Balaban J connectivity index is 1.66. The molecule has 0 fully saturated rings. The van der Waals surface area contributed by atoms with Gasteiger partial charge in [-0.2, -0.15) is 0 Å². The second kappa shape index (κ2) is 5.90. The molecule has 0 saturated carbocycles. The Bertz CT molecular complexity index is 916. The molecule has 3 aromatic rings. The molecule has 4 rings (SSSR count). The first-order chi connectivity index (χ1) is 11.7. The van der Waals surface area contributed by atoms with E-state index >= 15 is 0 Å². The third-order valence-electron chi connectivity index (χ3n) is 3.71. The van der Waals surface area contributed by atoms with Crippen molar-refractivity contribution in [3.63, 3.8) is 0 Å². The normalized spacial score (nSPS) is 12.9. The van der Waals surface area contributed by atoms with Crippen molar-refractivity contribution in [2.24, 2.45) is 4.99 Å². The highest BCUT2D eigenvalue weighted by molar-refractivity contribution is 7.18. The third kappa shape index (κ3) is 2.79. The number of thiophene rings is 1. The van der Waals surface area contributed by atoms with Gasteiger partial charge in [0.2, 0.25) is 0 Å². The number of hydrogen-bond donors (Lipinski definition) is 4. The Kier molecular flexibility index (Phi) is 3.59. The number of aliphatic imine (C=N–C) groups is 1. The lowest BCUT2D eigenvalue weighted by atomic mass is 10.1. The molecule has 2 aromatic carbocycles. The number of aromatic hydroxyl groups is 2. The van der Waals surface area contributed by atoms with E-state index in [4.69, 9.17) is 0 Å². The van der Waals surface area contributed by atoms with Gasteiger partial charge in [0.15, 0.2) is 0 Å². The minimum Gasteiger partial charge on any atom is -0.508 e. The molecule has 1 aromatic heterocycles. The van der Waals surface area contributed by atoms with Crippen LogP contribution in [-0.4, -0.2) is 22.7 Å². The number of phenolic OH excluding ortho intramolecular Hbond substituents is 2. The van der Waals surface area contributed by atoms with Crippen LogP contribution in [0.2, 0.25) is 0 Å². The fraction of sp³-hybridized carbons (Fsp3) is 0.0556. The number of fused-ring (bicyclic) bond motifs is 1. The number of hydrogen-bond acceptors (Lipinski definition) is 6. The van der Waals surface area contributed by atoms with Gasteiger partial charge in [-0.25, -0.2) is 4.99 Å². The van der Waals surface area contributed by atoms with Crippen molar-refractivity contribution in [3.8, 4) is 21.9 Å². The summed E-state index contributed by atoms with van der Waals surface area (Å²) in [6, 6.07) is 16.2. The van der Waals surface area contributed by atoms with Crippen LogP contribution in [-0.2, 0) is 0 Å². The fourth-order valence-electron chi connectivity index (χ4n) is 2.56. The van der Waals surface area contributed by atoms with E-state index < -0.39 is 0 Å². The van der Waals surface area contributed by atoms with Crippen LogP contribution in [0.25, 0.3) is 10.4 Å². The smallest absolute Gasteiger partial charge is 0.146 e. The Hall–Kier alpha value is -2.99. The van der Waals surface area contributed by atoms with Gasteiger partial charge >= 0.3 is 0 Å². The first-order valence-corrected chi connectivity index (χ1v) is 8.29. The fourth-order valence-corrected chi connectivity index (χ4v) is 3.66. The van der Waals surface area contributed by atoms with Crippen molar-refractivity contribution >= 4 is 28.5 Å².